The molecule has 0 radical (unpaired) electrons. The SMILES string of the molecule is CC1(C)c2ccccc2N(c2cccc3c2sc2ccc4c(-c5ccccc5)nc5ccccc5c4c23)c2ccccc21. The molecule has 0 unspecified atom stereocenters. The van der Waals surface area contributed by atoms with E-state index in [0.717, 1.165) is 16.8 Å². The third-order valence-electron chi connectivity index (χ3n) is 9.23. The number of hydrogen-bond donors (Lipinski definition) is 0. The fourth-order valence-corrected chi connectivity index (χ4v) is 8.45. The molecule has 0 fully saturated rings. The van der Waals surface area contributed by atoms with Crippen molar-refractivity contribution in [3.8, 4) is 11.3 Å². The van der Waals surface area contributed by atoms with Gasteiger partial charge in [-0.15, -0.1) is 11.3 Å². The summed E-state index contributed by atoms with van der Waals surface area (Å²) in [6.45, 7) is 4.69. The normalized spacial score (nSPS) is 14.0. The highest BCUT2D eigenvalue weighted by Crippen LogP contribution is 2.54. The van der Waals surface area contributed by atoms with Crippen molar-refractivity contribution in [3.63, 3.8) is 0 Å². The molecule has 0 amide bonds. The lowest BCUT2D eigenvalue weighted by Gasteiger charge is -2.42. The molecular weight excluding hydrogens is 541 g/mol. The molecule has 6 aromatic carbocycles. The van der Waals surface area contributed by atoms with Gasteiger partial charge < -0.3 is 4.90 Å². The summed E-state index contributed by atoms with van der Waals surface area (Å²) >= 11 is 1.89. The number of para-hydroxylation sites is 3. The summed E-state index contributed by atoms with van der Waals surface area (Å²) in [7, 11) is 0. The number of thiophene rings is 1. The average molecular weight is 569 g/mol. The van der Waals surface area contributed by atoms with Crippen LogP contribution in [0.3, 0.4) is 0 Å². The van der Waals surface area contributed by atoms with Gasteiger partial charge in [-0.3, -0.25) is 0 Å². The van der Waals surface area contributed by atoms with Gasteiger partial charge in [-0.05, 0) is 41.5 Å². The van der Waals surface area contributed by atoms with E-state index in [4.69, 9.17) is 4.98 Å². The number of rotatable bonds is 2. The lowest BCUT2D eigenvalue weighted by molar-refractivity contribution is 0.632. The molecule has 0 atom stereocenters. The molecule has 1 aliphatic heterocycles. The van der Waals surface area contributed by atoms with Gasteiger partial charge in [0.2, 0.25) is 0 Å². The van der Waals surface area contributed by atoms with Crippen LogP contribution in [-0.4, -0.2) is 4.98 Å². The lowest BCUT2D eigenvalue weighted by atomic mass is 9.73. The maximum Gasteiger partial charge on any atom is 0.0788 e. The van der Waals surface area contributed by atoms with Crippen molar-refractivity contribution in [2.24, 2.45) is 0 Å². The van der Waals surface area contributed by atoms with Crippen molar-refractivity contribution in [1.82, 2.24) is 4.98 Å². The van der Waals surface area contributed by atoms with Crippen LogP contribution in [0.25, 0.3) is 53.1 Å². The number of aromatic nitrogens is 1. The lowest BCUT2D eigenvalue weighted by Crippen LogP contribution is -2.30. The second-order valence-corrected chi connectivity index (χ2v) is 13.0. The maximum absolute atomic E-state index is 5.19. The van der Waals surface area contributed by atoms with Crippen molar-refractivity contribution < 1.29 is 0 Å². The Balaban J connectivity index is 1.40. The van der Waals surface area contributed by atoms with Crippen LogP contribution in [0.4, 0.5) is 17.1 Å². The molecule has 2 aromatic heterocycles. The van der Waals surface area contributed by atoms with Crippen LogP contribution in [0.1, 0.15) is 25.0 Å². The summed E-state index contributed by atoms with van der Waals surface area (Å²) in [5.74, 6) is 0. The summed E-state index contributed by atoms with van der Waals surface area (Å²) in [5.41, 5.74) is 9.54. The van der Waals surface area contributed by atoms with Crippen molar-refractivity contribution in [3.05, 3.63) is 145 Å². The number of pyridine rings is 1. The Morgan fingerprint density at radius 1 is 0.535 bits per heavy atom. The van der Waals surface area contributed by atoms with Crippen LogP contribution in [0.15, 0.2) is 133 Å². The van der Waals surface area contributed by atoms with Crippen LogP contribution in [-0.2, 0) is 5.41 Å². The van der Waals surface area contributed by atoms with E-state index < -0.39 is 0 Å². The highest BCUT2D eigenvalue weighted by atomic mass is 32.1. The first kappa shape index (κ1) is 24.6. The van der Waals surface area contributed by atoms with Crippen molar-refractivity contribution in [1.29, 1.82) is 0 Å². The van der Waals surface area contributed by atoms with Gasteiger partial charge in [-0.2, -0.15) is 0 Å². The van der Waals surface area contributed by atoms with Gasteiger partial charge in [0.05, 0.1) is 33.0 Å². The molecular formula is C40H28N2S. The third kappa shape index (κ3) is 3.43. The largest absolute Gasteiger partial charge is 0.308 e. The molecule has 43 heavy (non-hydrogen) atoms. The Labute approximate surface area is 254 Å². The Hall–Kier alpha value is -4.99. The van der Waals surface area contributed by atoms with Crippen molar-refractivity contribution in [2.75, 3.05) is 4.90 Å². The zero-order chi connectivity index (χ0) is 28.7. The zero-order valence-electron chi connectivity index (χ0n) is 24.0. The number of hydrogen-bond acceptors (Lipinski definition) is 3. The van der Waals surface area contributed by atoms with E-state index in [1.807, 2.05) is 11.3 Å². The van der Waals surface area contributed by atoms with Crippen LogP contribution >= 0.6 is 11.3 Å². The second-order valence-electron chi connectivity index (χ2n) is 12.0. The van der Waals surface area contributed by atoms with Gasteiger partial charge in [0.1, 0.15) is 0 Å². The monoisotopic (exact) mass is 568 g/mol. The molecule has 3 heterocycles. The topological polar surface area (TPSA) is 16.1 Å². The fourth-order valence-electron chi connectivity index (χ4n) is 7.24. The molecule has 1 aliphatic rings. The molecule has 204 valence electrons. The smallest absolute Gasteiger partial charge is 0.0788 e. The Morgan fingerprint density at radius 3 is 1.93 bits per heavy atom. The minimum atomic E-state index is -0.0896. The van der Waals surface area contributed by atoms with Gasteiger partial charge >= 0.3 is 0 Å². The highest BCUT2D eigenvalue weighted by Gasteiger charge is 2.37. The van der Waals surface area contributed by atoms with Crippen molar-refractivity contribution >= 4 is 70.2 Å². The van der Waals surface area contributed by atoms with E-state index in [1.165, 1.54) is 64.5 Å². The molecule has 9 rings (SSSR count). The van der Waals surface area contributed by atoms with E-state index in [9.17, 15) is 0 Å². The molecule has 3 heteroatoms. The molecule has 0 saturated carbocycles. The minimum Gasteiger partial charge on any atom is -0.308 e. The first-order valence-corrected chi connectivity index (χ1v) is 15.6. The van der Waals surface area contributed by atoms with E-state index in [-0.39, 0.29) is 5.41 Å². The van der Waals surface area contributed by atoms with Crippen LogP contribution < -0.4 is 4.90 Å². The van der Waals surface area contributed by atoms with Crippen LogP contribution in [0.2, 0.25) is 0 Å². The summed E-state index contributed by atoms with van der Waals surface area (Å²) in [5, 5.41) is 6.28. The van der Waals surface area contributed by atoms with Gasteiger partial charge in [0, 0.05) is 42.6 Å². The molecule has 2 nitrogen and oxygen atoms in total. The molecule has 0 aliphatic carbocycles. The summed E-state index contributed by atoms with van der Waals surface area (Å²) in [6, 6.07) is 48.4. The number of nitrogens with zero attached hydrogens (tertiary/aromatic N) is 2. The minimum absolute atomic E-state index is 0.0896. The van der Waals surface area contributed by atoms with Crippen LogP contribution in [0.5, 0.6) is 0 Å². The van der Waals surface area contributed by atoms with E-state index >= 15 is 0 Å². The fraction of sp³-hybridized carbons (Fsp3) is 0.0750. The Kier molecular flexibility index (Phi) is 5.15. The van der Waals surface area contributed by atoms with E-state index in [2.05, 4.69) is 152 Å². The van der Waals surface area contributed by atoms with Gasteiger partial charge in [-0.1, -0.05) is 117 Å². The molecule has 8 aromatic rings. The van der Waals surface area contributed by atoms with E-state index in [0.29, 0.717) is 0 Å². The van der Waals surface area contributed by atoms with Crippen molar-refractivity contribution in [2.45, 2.75) is 19.3 Å². The van der Waals surface area contributed by atoms with Gasteiger partial charge in [0.15, 0.2) is 0 Å². The van der Waals surface area contributed by atoms with Gasteiger partial charge in [0.25, 0.3) is 0 Å². The summed E-state index contributed by atoms with van der Waals surface area (Å²) in [6.07, 6.45) is 0. The van der Waals surface area contributed by atoms with E-state index in [1.54, 1.807) is 0 Å². The quantitative estimate of drug-likeness (QED) is 0.193. The standard InChI is InChI=1S/C40H28N2S/c1-40(2)29-17-7-10-20-32(29)42(33-21-11-8-18-30(33)40)34-22-12-16-28-37-35(43-39(28)34)24-23-27-36(37)26-15-6-9-19-31(26)41-38(27)25-13-4-3-5-14-25/h3-24H,1-2H3. The third-order valence-corrected chi connectivity index (χ3v) is 10.4. The predicted molar refractivity (Wildman–Crippen MR) is 184 cm³/mol. The molecule has 0 saturated heterocycles. The Morgan fingerprint density at radius 2 is 1.16 bits per heavy atom. The van der Waals surface area contributed by atoms with Gasteiger partial charge in [-0.25, -0.2) is 4.98 Å². The first-order chi connectivity index (χ1) is 21.1. The van der Waals surface area contributed by atoms with Crippen LogP contribution in [0, 0.1) is 0 Å². The number of anilines is 3. The zero-order valence-corrected chi connectivity index (χ0v) is 24.8. The Bertz CT molecular complexity index is 2330. The molecule has 0 N–H and O–H groups in total. The first-order valence-electron chi connectivity index (χ1n) is 14.8. The highest BCUT2D eigenvalue weighted by molar-refractivity contribution is 7.26. The molecule has 0 bridgehead atoms. The predicted octanol–water partition coefficient (Wildman–Crippen LogP) is 11.5. The average Bonchev–Trinajstić information content (AvgIpc) is 3.45. The summed E-state index contributed by atoms with van der Waals surface area (Å²) in [4.78, 5) is 7.69. The maximum atomic E-state index is 5.19. The summed E-state index contributed by atoms with van der Waals surface area (Å²) < 4.78 is 2.60. The number of fused-ring (bicyclic) bond motifs is 9. The number of benzene rings is 6. The second kappa shape index (κ2) is 9.00. The molecule has 0 spiro atoms.